The number of ether oxygens (including phenoxy) is 1. The van der Waals surface area contributed by atoms with Gasteiger partial charge in [0.15, 0.2) is 5.78 Å². The molecule has 5 aliphatic rings. The lowest BCUT2D eigenvalue weighted by molar-refractivity contribution is -0.135. The number of allylic oxidation sites excluding steroid dienone is 3. The zero-order chi connectivity index (χ0) is 40.0. The average molecular weight is 785 g/mol. The van der Waals surface area contributed by atoms with Crippen molar-refractivity contribution in [2.24, 2.45) is 10.9 Å². The van der Waals surface area contributed by atoms with Crippen LogP contribution in [0.1, 0.15) is 112 Å². The summed E-state index contributed by atoms with van der Waals surface area (Å²) < 4.78 is 49.3. The molecule has 1 saturated carbocycles. The van der Waals surface area contributed by atoms with Crippen LogP contribution in [0, 0.1) is 11.7 Å². The van der Waals surface area contributed by atoms with Crippen molar-refractivity contribution in [3.8, 4) is 0 Å². The van der Waals surface area contributed by atoms with Gasteiger partial charge in [0.25, 0.3) is 11.8 Å². The SMILES string of the molecule is C=CC(=O)C1CCN(NC(=O)OC(C)(C)C)C(=O)CC[C@H](c2ccc3c(c2F)C(=O)N(C(=O)O)[C@H]3C(=O)NS(=O)(=O)C2CC2)N2CCC[C@H]2C=NC2=C(C2)C1. The number of halogens is 1. The van der Waals surface area contributed by atoms with E-state index in [0.29, 0.717) is 45.1 Å². The van der Waals surface area contributed by atoms with E-state index in [-0.39, 0.29) is 53.7 Å². The van der Waals surface area contributed by atoms with Gasteiger partial charge in [0.2, 0.25) is 15.9 Å². The number of rotatable bonds is 7. The average Bonchev–Trinajstić information content (AvgIpc) is 4.02. The Kier molecular flexibility index (Phi) is 11.0. The molecule has 2 fully saturated rings. The van der Waals surface area contributed by atoms with Crippen molar-refractivity contribution in [2.45, 2.75) is 108 Å². The molecule has 1 unspecified atom stereocenters. The van der Waals surface area contributed by atoms with Gasteiger partial charge in [-0.15, -0.1) is 0 Å². The fourth-order valence-electron chi connectivity index (χ4n) is 7.47. The summed E-state index contributed by atoms with van der Waals surface area (Å²) in [4.78, 5) is 85.6. The summed E-state index contributed by atoms with van der Waals surface area (Å²) in [5.41, 5.74) is 2.36. The number of imide groups is 1. The summed E-state index contributed by atoms with van der Waals surface area (Å²) in [6, 6.07) is -0.594. The van der Waals surface area contributed by atoms with Crippen LogP contribution in [0.25, 0.3) is 0 Å². The maximum atomic E-state index is 16.9. The van der Waals surface area contributed by atoms with E-state index in [4.69, 9.17) is 9.73 Å². The molecule has 0 bridgehead atoms. The summed E-state index contributed by atoms with van der Waals surface area (Å²) in [6.07, 6.45) is 3.08. The zero-order valence-corrected chi connectivity index (χ0v) is 31.7. The van der Waals surface area contributed by atoms with E-state index >= 15 is 4.39 Å². The number of hydrogen-bond acceptors (Lipinski definition) is 11. The second kappa shape index (κ2) is 15.3. The fourth-order valence-corrected chi connectivity index (χ4v) is 8.78. The molecule has 16 nitrogen and oxygen atoms in total. The monoisotopic (exact) mass is 784 g/mol. The summed E-state index contributed by atoms with van der Waals surface area (Å²) in [5, 5.41) is 10.2. The molecule has 5 amide bonds. The minimum Gasteiger partial charge on any atom is -0.465 e. The molecule has 6 rings (SSSR count). The molecular formula is C37H45FN6O10S. The molecule has 0 radical (unpaired) electrons. The lowest BCUT2D eigenvalue weighted by atomic mass is 9.93. The first kappa shape index (κ1) is 39.7. The predicted molar refractivity (Wildman–Crippen MR) is 194 cm³/mol. The Morgan fingerprint density at radius 2 is 1.76 bits per heavy atom. The van der Waals surface area contributed by atoms with E-state index in [1.807, 2.05) is 9.62 Å². The molecule has 2 aliphatic carbocycles. The van der Waals surface area contributed by atoms with Crippen molar-refractivity contribution in [1.82, 2.24) is 25.0 Å². The summed E-state index contributed by atoms with van der Waals surface area (Å²) in [6.45, 7) is 9.00. The predicted octanol–water partition coefficient (Wildman–Crippen LogP) is 4.06. The van der Waals surface area contributed by atoms with Gasteiger partial charge in [0.1, 0.15) is 17.5 Å². The number of hydrazine groups is 1. The first-order valence-corrected chi connectivity index (χ1v) is 19.9. The fraction of sp³-hybridized carbons (Fsp3) is 0.541. The highest BCUT2D eigenvalue weighted by Gasteiger charge is 2.50. The molecule has 3 aliphatic heterocycles. The summed E-state index contributed by atoms with van der Waals surface area (Å²) >= 11 is 0. The minimum absolute atomic E-state index is 0.0330. The maximum Gasteiger partial charge on any atom is 0.426 e. The van der Waals surface area contributed by atoms with E-state index in [1.54, 1.807) is 27.0 Å². The number of carbonyl (C=O) groups excluding carboxylic acids is 5. The van der Waals surface area contributed by atoms with Crippen LogP contribution >= 0.6 is 0 Å². The first-order valence-electron chi connectivity index (χ1n) is 18.3. The Morgan fingerprint density at radius 3 is 2.42 bits per heavy atom. The number of sulfonamides is 1. The van der Waals surface area contributed by atoms with Gasteiger partial charge in [0.05, 0.1) is 10.8 Å². The third-order valence-electron chi connectivity index (χ3n) is 10.4. The van der Waals surface area contributed by atoms with E-state index < -0.39 is 80.2 Å². The van der Waals surface area contributed by atoms with Crippen molar-refractivity contribution >= 4 is 51.9 Å². The number of amides is 5. The van der Waals surface area contributed by atoms with E-state index in [0.717, 1.165) is 16.3 Å². The van der Waals surface area contributed by atoms with Crippen LogP contribution < -0.4 is 10.1 Å². The Bertz CT molecular complexity index is 2010. The molecule has 3 heterocycles. The smallest absolute Gasteiger partial charge is 0.426 e. The molecule has 4 atom stereocenters. The summed E-state index contributed by atoms with van der Waals surface area (Å²) in [7, 11) is -4.14. The van der Waals surface area contributed by atoms with Gasteiger partial charge < -0.3 is 9.84 Å². The molecule has 0 spiro atoms. The third-order valence-corrected chi connectivity index (χ3v) is 12.2. The standard InChI is InChI=1S/C37H45FN6O10S/c1-5-28(45)20-14-16-43(40-35(49)54-37(2,3)4)29(46)13-12-27(42-15-6-7-22(42)19-39-26-18-21(26)17-20)24-10-11-25-30(31(24)38)34(48)44(36(50)51)32(25)33(47)41-55(52,53)23-8-9-23/h5,10-11,19-20,22-23,27,32H,1,6-9,12-18H2,2-4H3,(H,40,49)(H,41,47)(H,50,51)/t20?,22-,27+,32+/m0/s1. The van der Waals surface area contributed by atoms with Gasteiger partial charge >= 0.3 is 12.2 Å². The van der Waals surface area contributed by atoms with Gasteiger partial charge in [-0.05, 0) is 83.9 Å². The maximum absolute atomic E-state index is 16.9. The largest absolute Gasteiger partial charge is 0.465 e. The molecule has 1 aromatic carbocycles. The van der Waals surface area contributed by atoms with Crippen LogP contribution in [-0.4, -0.2) is 100 Å². The third kappa shape index (κ3) is 8.64. The van der Waals surface area contributed by atoms with Crippen molar-refractivity contribution in [2.75, 3.05) is 13.1 Å². The molecule has 1 aromatic rings. The van der Waals surface area contributed by atoms with E-state index in [2.05, 4.69) is 12.0 Å². The van der Waals surface area contributed by atoms with Gasteiger partial charge in [-0.1, -0.05) is 18.7 Å². The highest BCUT2D eigenvalue weighted by atomic mass is 32.2. The Labute approximate surface area is 317 Å². The second-order valence-corrected chi connectivity index (χ2v) is 17.4. The molecule has 55 heavy (non-hydrogen) atoms. The van der Waals surface area contributed by atoms with Crippen LogP contribution in [0.15, 0.2) is 41.1 Å². The Morgan fingerprint density at radius 1 is 1.05 bits per heavy atom. The van der Waals surface area contributed by atoms with Crippen molar-refractivity contribution in [3.63, 3.8) is 0 Å². The topological polar surface area (TPSA) is 212 Å². The normalized spacial score (nSPS) is 24.9. The Balaban J connectivity index is 1.36. The number of hydrogen-bond donors (Lipinski definition) is 3. The van der Waals surface area contributed by atoms with Gasteiger partial charge in [-0.3, -0.25) is 38.8 Å². The highest BCUT2D eigenvalue weighted by Crippen LogP contribution is 2.43. The van der Waals surface area contributed by atoms with Gasteiger partial charge in [-0.25, -0.2) is 32.7 Å². The number of carbonyl (C=O) groups is 6. The van der Waals surface area contributed by atoms with Crippen molar-refractivity contribution in [3.05, 3.63) is 58.6 Å². The van der Waals surface area contributed by atoms with Crippen molar-refractivity contribution < 1.29 is 51.4 Å². The number of fused-ring (bicyclic) bond motifs is 2. The zero-order valence-electron chi connectivity index (χ0n) is 30.9. The first-order chi connectivity index (χ1) is 25.9. The number of nitrogens with zero attached hydrogens (tertiary/aromatic N) is 4. The summed E-state index contributed by atoms with van der Waals surface area (Å²) in [5.74, 6) is -5.04. The molecular weight excluding hydrogens is 740 g/mol. The van der Waals surface area contributed by atoms with Crippen LogP contribution in [0.2, 0.25) is 0 Å². The van der Waals surface area contributed by atoms with Gasteiger partial charge in [-0.2, -0.15) is 0 Å². The van der Waals surface area contributed by atoms with Crippen LogP contribution in [0.5, 0.6) is 0 Å². The highest BCUT2D eigenvalue weighted by molar-refractivity contribution is 7.90. The number of carboxylic acid groups (broad SMARTS) is 1. The lowest BCUT2D eigenvalue weighted by Gasteiger charge is -2.33. The van der Waals surface area contributed by atoms with Crippen LogP contribution in [-0.2, 0) is 29.1 Å². The number of aliphatic imine (C=N–C) groups is 1. The molecule has 0 aromatic heterocycles. The van der Waals surface area contributed by atoms with E-state index in [1.165, 1.54) is 18.2 Å². The molecule has 18 heteroatoms. The lowest BCUT2D eigenvalue weighted by Crippen LogP contribution is -2.49. The minimum atomic E-state index is -4.14. The van der Waals surface area contributed by atoms with E-state index in [9.17, 15) is 42.3 Å². The molecule has 3 N–H and O–H groups in total. The number of nitrogens with one attached hydrogen (secondary N) is 2. The van der Waals surface area contributed by atoms with Crippen LogP contribution in [0.4, 0.5) is 14.0 Å². The molecule has 1 saturated heterocycles. The van der Waals surface area contributed by atoms with Crippen molar-refractivity contribution in [1.29, 1.82) is 0 Å². The number of ketones is 1. The molecule has 296 valence electrons. The Hall–Kier alpha value is -4.97. The van der Waals surface area contributed by atoms with Crippen LogP contribution in [0.3, 0.4) is 0 Å². The number of benzene rings is 1. The second-order valence-electron chi connectivity index (χ2n) is 15.5. The van der Waals surface area contributed by atoms with Gasteiger partial charge in [0, 0.05) is 60.4 Å². The quantitative estimate of drug-likeness (QED) is 0.336.